The van der Waals surface area contributed by atoms with Crippen LogP contribution in [0.2, 0.25) is 0 Å². The average Bonchev–Trinajstić information content (AvgIpc) is 2.14. The number of hydrogen-bond donors (Lipinski definition) is 2. The number of rotatable bonds is 4. The standard InChI is InChI=1S/C11H15F2NO/c1-7(2)14-6-10(15)11-8(12)4-3-5-9(11)13/h3-5,7,10,14-15H,6H2,1-2H3. The van der Waals surface area contributed by atoms with Gasteiger partial charge in [-0.2, -0.15) is 0 Å². The summed E-state index contributed by atoms with van der Waals surface area (Å²) in [4.78, 5) is 0. The fourth-order valence-corrected chi connectivity index (χ4v) is 1.28. The summed E-state index contributed by atoms with van der Waals surface area (Å²) in [7, 11) is 0. The maximum Gasteiger partial charge on any atom is 0.131 e. The highest BCUT2D eigenvalue weighted by atomic mass is 19.1. The summed E-state index contributed by atoms with van der Waals surface area (Å²) in [6, 6.07) is 3.71. The van der Waals surface area contributed by atoms with Crippen LogP contribution in [0, 0.1) is 11.6 Å². The molecule has 0 bridgehead atoms. The van der Waals surface area contributed by atoms with E-state index in [2.05, 4.69) is 5.32 Å². The van der Waals surface area contributed by atoms with Crippen molar-refractivity contribution in [3.8, 4) is 0 Å². The lowest BCUT2D eigenvalue weighted by Crippen LogP contribution is -2.28. The van der Waals surface area contributed by atoms with E-state index in [4.69, 9.17) is 0 Å². The van der Waals surface area contributed by atoms with E-state index in [9.17, 15) is 13.9 Å². The molecule has 2 nitrogen and oxygen atoms in total. The van der Waals surface area contributed by atoms with E-state index in [1.165, 1.54) is 6.07 Å². The summed E-state index contributed by atoms with van der Waals surface area (Å²) >= 11 is 0. The van der Waals surface area contributed by atoms with Crippen molar-refractivity contribution in [1.82, 2.24) is 5.32 Å². The van der Waals surface area contributed by atoms with Crippen LogP contribution < -0.4 is 5.32 Å². The fourth-order valence-electron chi connectivity index (χ4n) is 1.28. The van der Waals surface area contributed by atoms with Crippen molar-refractivity contribution in [2.24, 2.45) is 0 Å². The van der Waals surface area contributed by atoms with Crippen LogP contribution in [0.25, 0.3) is 0 Å². The second kappa shape index (κ2) is 5.19. The zero-order chi connectivity index (χ0) is 11.4. The molecule has 0 heterocycles. The Labute approximate surface area is 87.9 Å². The normalized spacial score (nSPS) is 13.2. The van der Waals surface area contributed by atoms with Crippen LogP contribution in [0.4, 0.5) is 8.78 Å². The molecule has 0 saturated heterocycles. The third-order valence-corrected chi connectivity index (χ3v) is 2.05. The second-order valence-corrected chi connectivity index (χ2v) is 3.71. The zero-order valence-electron chi connectivity index (χ0n) is 8.80. The number of halogens is 2. The minimum atomic E-state index is -1.16. The Morgan fingerprint density at radius 1 is 1.27 bits per heavy atom. The first kappa shape index (κ1) is 12.1. The maximum atomic E-state index is 13.2. The molecule has 1 atom stereocenters. The smallest absolute Gasteiger partial charge is 0.131 e. The highest BCUT2D eigenvalue weighted by Gasteiger charge is 2.17. The molecule has 0 aromatic heterocycles. The first-order valence-corrected chi connectivity index (χ1v) is 4.87. The van der Waals surface area contributed by atoms with Crippen LogP contribution in [0.5, 0.6) is 0 Å². The quantitative estimate of drug-likeness (QED) is 0.805. The number of hydrogen-bond acceptors (Lipinski definition) is 2. The van der Waals surface area contributed by atoms with Crippen molar-refractivity contribution in [2.45, 2.75) is 26.0 Å². The molecule has 0 aliphatic rings. The van der Waals surface area contributed by atoms with Crippen LogP contribution >= 0.6 is 0 Å². The topological polar surface area (TPSA) is 32.3 Å². The maximum absolute atomic E-state index is 13.2. The van der Waals surface area contributed by atoms with Gasteiger partial charge in [-0.3, -0.25) is 0 Å². The second-order valence-electron chi connectivity index (χ2n) is 3.71. The predicted molar refractivity (Wildman–Crippen MR) is 54.5 cm³/mol. The molecule has 1 unspecified atom stereocenters. The van der Waals surface area contributed by atoms with E-state index < -0.39 is 17.7 Å². The Morgan fingerprint density at radius 3 is 2.27 bits per heavy atom. The Kier molecular flexibility index (Phi) is 4.17. The van der Waals surface area contributed by atoms with E-state index >= 15 is 0 Å². The summed E-state index contributed by atoms with van der Waals surface area (Å²) < 4.78 is 26.4. The van der Waals surface area contributed by atoms with Crippen molar-refractivity contribution in [1.29, 1.82) is 0 Å². The van der Waals surface area contributed by atoms with Gasteiger partial charge in [0.05, 0.1) is 11.7 Å². The molecular formula is C11H15F2NO. The highest BCUT2D eigenvalue weighted by Crippen LogP contribution is 2.19. The Bertz CT molecular complexity index is 308. The molecule has 1 rings (SSSR count). The molecule has 84 valence electrons. The number of nitrogens with one attached hydrogen (secondary N) is 1. The van der Waals surface area contributed by atoms with E-state index in [0.29, 0.717) is 0 Å². The molecule has 0 amide bonds. The van der Waals surface area contributed by atoms with Crippen molar-refractivity contribution in [3.05, 3.63) is 35.4 Å². The van der Waals surface area contributed by atoms with Gasteiger partial charge in [0.15, 0.2) is 0 Å². The summed E-state index contributed by atoms with van der Waals surface area (Å²) in [6.07, 6.45) is -1.16. The van der Waals surface area contributed by atoms with E-state index in [-0.39, 0.29) is 18.2 Å². The molecule has 0 spiro atoms. The van der Waals surface area contributed by atoms with Gasteiger partial charge in [-0.05, 0) is 12.1 Å². The van der Waals surface area contributed by atoms with E-state index in [0.717, 1.165) is 12.1 Å². The Hall–Kier alpha value is -1.00. The molecule has 0 saturated carbocycles. The van der Waals surface area contributed by atoms with Crippen LogP contribution in [-0.4, -0.2) is 17.7 Å². The number of benzene rings is 1. The molecule has 2 N–H and O–H groups in total. The molecule has 1 aromatic carbocycles. The molecular weight excluding hydrogens is 200 g/mol. The number of aliphatic hydroxyl groups excluding tert-OH is 1. The molecule has 1 aromatic rings. The van der Waals surface area contributed by atoms with E-state index in [1.54, 1.807) is 0 Å². The van der Waals surface area contributed by atoms with Gasteiger partial charge < -0.3 is 10.4 Å². The molecule has 15 heavy (non-hydrogen) atoms. The molecule has 0 aliphatic carbocycles. The van der Waals surface area contributed by atoms with Crippen LogP contribution in [-0.2, 0) is 0 Å². The largest absolute Gasteiger partial charge is 0.387 e. The Morgan fingerprint density at radius 2 is 1.80 bits per heavy atom. The van der Waals surface area contributed by atoms with Gasteiger partial charge in [0.1, 0.15) is 11.6 Å². The van der Waals surface area contributed by atoms with Gasteiger partial charge in [-0.1, -0.05) is 19.9 Å². The third-order valence-electron chi connectivity index (χ3n) is 2.05. The molecule has 0 aliphatic heterocycles. The van der Waals surface area contributed by atoms with Gasteiger partial charge >= 0.3 is 0 Å². The Balaban J connectivity index is 2.77. The molecule has 0 fully saturated rings. The zero-order valence-corrected chi connectivity index (χ0v) is 8.80. The van der Waals surface area contributed by atoms with Crippen molar-refractivity contribution in [3.63, 3.8) is 0 Å². The highest BCUT2D eigenvalue weighted by molar-refractivity contribution is 5.22. The van der Waals surface area contributed by atoms with Crippen molar-refractivity contribution < 1.29 is 13.9 Å². The molecule has 4 heteroatoms. The van der Waals surface area contributed by atoms with E-state index in [1.807, 2.05) is 13.8 Å². The van der Waals surface area contributed by atoms with Gasteiger partial charge in [-0.25, -0.2) is 8.78 Å². The fraction of sp³-hybridized carbons (Fsp3) is 0.455. The van der Waals surface area contributed by atoms with Gasteiger partial charge in [0.2, 0.25) is 0 Å². The number of aliphatic hydroxyl groups is 1. The summed E-state index contributed by atoms with van der Waals surface area (Å²) in [5.74, 6) is -1.43. The van der Waals surface area contributed by atoms with Gasteiger partial charge in [0, 0.05) is 12.6 Å². The molecule has 0 radical (unpaired) electrons. The van der Waals surface area contributed by atoms with Crippen LogP contribution in [0.3, 0.4) is 0 Å². The van der Waals surface area contributed by atoms with Crippen LogP contribution in [0.15, 0.2) is 18.2 Å². The third kappa shape index (κ3) is 3.25. The van der Waals surface area contributed by atoms with Gasteiger partial charge in [0.25, 0.3) is 0 Å². The summed E-state index contributed by atoms with van der Waals surface area (Å²) in [5, 5.41) is 12.5. The van der Waals surface area contributed by atoms with Gasteiger partial charge in [-0.15, -0.1) is 0 Å². The SMILES string of the molecule is CC(C)NCC(O)c1c(F)cccc1F. The summed E-state index contributed by atoms with van der Waals surface area (Å²) in [5.41, 5.74) is -0.273. The van der Waals surface area contributed by atoms with Crippen molar-refractivity contribution >= 4 is 0 Å². The lowest BCUT2D eigenvalue weighted by molar-refractivity contribution is 0.162. The van der Waals surface area contributed by atoms with Crippen LogP contribution in [0.1, 0.15) is 25.5 Å². The minimum Gasteiger partial charge on any atom is -0.387 e. The average molecular weight is 215 g/mol. The first-order valence-electron chi connectivity index (χ1n) is 4.87. The predicted octanol–water partition coefficient (Wildman–Crippen LogP) is 2.00. The lowest BCUT2D eigenvalue weighted by atomic mass is 10.1. The van der Waals surface area contributed by atoms with Crippen molar-refractivity contribution in [2.75, 3.05) is 6.54 Å². The summed E-state index contributed by atoms with van der Waals surface area (Å²) in [6.45, 7) is 3.92. The first-order chi connectivity index (χ1) is 7.02. The lowest BCUT2D eigenvalue weighted by Gasteiger charge is -2.15. The monoisotopic (exact) mass is 215 g/mol. The minimum absolute atomic E-state index is 0.134.